The first-order valence-corrected chi connectivity index (χ1v) is 6.63. The Balaban J connectivity index is 1.99. The van der Waals surface area contributed by atoms with E-state index in [-0.39, 0.29) is 0 Å². The molecule has 1 aromatic carbocycles. The van der Waals surface area contributed by atoms with Crippen LogP contribution in [0.25, 0.3) is 0 Å². The minimum Gasteiger partial charge on any atom is -0.497 e. The molecule has 1 N–H and O–H groups in total. The number of methoxy groups -OCH3 is 1. The van der Waals surface area contributed by atoms with Crippen molar-refractivity contribution in [2.45, 2.75) is 25.2 Å². The van der Waals surface area contributed by atoms with E-state index < -0.39 is 0 Å². The van der Waals surface area contributed by atoms with Crippen LogP contribution < -0.4 is 10.1 Å². The predicted molar refractivity (Wildman–Crippen MR) is 73.8 cm³/mol. The molecule has 1 aliphatic rings. The lowest BCUT2D eigenvalue weighted by Crippen LogP contribution is -2.11. The lowest BCUT2D eigenvalue weighted by Gasteiger charge is -2.22. The number of hydrogen-bond acceptors (Lipinski definition) is 4. The molecule has 0 bridgehead atoms. The number of aromatic nitrogens is 1. The summed E-state index contributed by atoms with van der Waals surface area (Å²) in [6, 6.07) is 8.28. The Morgan fingerprint density at radius 1 is 1.32 bits per heavy atom. The molecule has 1 heterocycles. The SMILES string of the molecule is CNc1onc2c1C(c1ccc(OC)cc1)CCC2. The lowest BCUT2D eigenvalue weighted by molar-refractivity contribution is 0.414. The van der Waals surface area contributed by atoms with E-state index in [1.54, 1.807) is 7.11 Å². The van der Waals surface area contributed by atoms with Gasteiger partial charge in [0.2, 0.25) is 5.88 Å². The highest BCUT2D eigenvalue weighted by Gasteiger charge is 2.28. The van der Waals surface area contributed by atoms with Gasteiger partial charge >= 0.3 is 0 Å². The maximum absolute atomic E-state index is 5.38. The molecule has 0 radical (unpaired) electrons. The predicted octanol–water partition coefficient (Wildman–Crippen LogP) is 3.19. The Bertz CT molecular complexity index is 547. The van der Waals surface area contributed by atoms with Crippen molar-refractivity contribution in [3.05, 3.63) is 41.1 Å². The summed E-state index contributed by atoms with van der Waals surface area (Å²) in [6.45, 7) is 0. The van der Waals surface area contributed by atoms with Gasteiger partial charge in [0.15, 0.2) is 0 Å². The van der Waals surface area contributed by atoms with Gasteiger partial charge in [-0.25, -0.2) is 0 Å². The summed E-state index contributed by atoms with van der Waals surface area (Å²) in [5.74, 6) is 2.05. The van der Waals surface area contributed by atoms with Crippen LogP contribution in [-0.2, 0) is 6.42 Å². The summed E-state index contributed by atoms with van der Waals surface area (Å²) in [7, 11) is 3.56. The minimum atomic E-state index is 0.364. The van der Waals surface area contributed by atoms with Gasteiger partial charge in [-0.3, -0.25) is 0 Å². The molecule has 0 fully saturated rings. The van der Waals surface area contributed by atoms with Gasteiger partial charge in [0.05, 0.1) is 12.8 Å². The smallest absolute Gasteiger partial charge is 0.228 e. The molecule has 1 unspecified atom stereocenters. The molecule has 100 valence electrons. The van der Waals surface area contributed by atoms with Gasteiger partial charge in [-0.15, -0.1) is 0 Å². The van der Waals surface area contributed by atoms with E-state index in [1.807, 2.05) is 19.2 Å². The molecule has 0 saturated carbocycles. The van der Waals surface area contributed by atoms with E-state index in [0.29, 0.717) is 5.92 Å². The number of nitrogens with one attached hydrogen (secondary N) is 1. The number of benzene rings is 1. The third kappa shape index (κ3) is 2.07. The van der Waals surface area contributed by atoms with Crippen molar-refractivity contribution in [3.8, 4) is 5.75 Å². The Morgan fingerprint density at radius 2 is 2.11 bits per heavy atom. The molecule has 1 aliphatic carbocycles. The lowest BCUT2D eigenvalue weighted by atomic mass is 9.82. The molecule has 0 saturated heterocycles. The Kier molecular flexibility index (Phi) is 3.15. The fourth-order valence-corrected chi connectivity index (χ4v) is 2.84. The van der Waals surface area contributed by atoms with Crippen LogP contribution in [0, 0.1) is 0 Å². The maximum atomic E-state index is 5.38. The standard InChI is InChI=1S/C15H18N2O2/c1-16-15-14-12(4-3-5-13(14)17-19-15)10-6-8-11(18-2)9-7-10/h6-9,12,16H,3-5H2,1-2H3. The Hall–Kier alpha value is -1.97. The van der Waals surface area contributed by atoms with Gasteiger partial charge in [0, 0.05) is 18.5 Å². The first-order valence-electron chi connectivity index (χ1n) is 6.63. The number of hydrogen-bond donors (Lipinski definition) is 1. The van der Waals surface area contributed by atoms with Crippen molar-refractivity contribution in [2.75, 3.05) is 19.5 Å². The van der Waals surface area contributed by atoms with E-state index in [9.17, 15) is 0 Å². The number of nitrogens with zero attached hydrogens (tertiary/aromatic N) is 1. The first-order chi connectivity index (χ1) is 9.33. The quantitative estimate of drug-likeness (QED) is 0.918. The highest BCUT2D eigenvalue weighted by molar-refractivity contribution is 5.51. The maximum Gasteiger partial charge on any atom is 0.228 e. The second kappa shape index (κ2) is 4.96. The molecule has 0 aliphatic heterocycles. The summed E-state index contributed by atoms with van der Waals surface area (Å²) < 4.78 is 10.6. The van der Waals surface area contributed by atoms with Gasteiger partial charge in [0.25, 0.3) is 0 Å². The monoisotopic (exact) mass is 258 g/mol. The third-order valence-corrected chi connectivity index (χ3v) is 3.80. The molecule has 3 rings (SSSR count). The van der Waals surface area contributed by atoms with Crippen LogP contribution in [0.4, 0.5) is 5.88 Å². The molecule has 2 aromatic rings. The normalized spacial score (nSPS) is 17.9. The molecule has 0 spiro atoms. The van der Waals surface area contributed by atoms with Crippen molar-refractivity contribution in [1.82, 2.24) is 5.16 Å². The van der Waals surface area contributed by atoms with Crippen LogP contribution in [0.15, 0.2) is 28.8 Å². The summed E-state index contributed by atoms with van der Waals surface area (Å²) in [6.07, 6.45) is 3.29. The second-order valence-corrected chi connectivity index (χ2v) is 4.84. The second-order valence-electron chi connectivity index (χ2n) is 4.84. The summed E-state index contributed by atoms with van der Waals surface area (Å²) in [5, 5.41) is 7.28. The van der Waals surface area contributed by atoms with E-state index in [2.05, 4.69) is 22.6 Å². The molecule has 4 heteroatoms. The third-order valence-electron chi connectivity index (χ3n) is 3.80. The highest BCUT2D eigenvalue weighted by Crippen LogP contribution is 2.40. The molecule has 0 amide bonds. The average Bonchev–Trinajstić information content (AvgIpc) is 2.90. The van der Waals surface area contributed by atoms with Crippen molar-refractivity contribution < 1.29 is 9.26 Å². The fraction of sp³-hybridized carbons (Fsp3) is 0.400. The van der Waals surface area contributed by atoms with E-state index >= 15 is 0 Å². The summed E-state index contributed by atoms with van der Waals surface area (Å²) >= 11 is 0. The zero-order valence-electron chi connectivity index (χ0n) is 11.3. The summed E-state index contributed by atoms with van der Waals surface area (Å²) in [4.78, 5) is 0. The molecular weight excluding hydrogens is 240 g/mol. The number of ether oxygens (including phenoxy) is 1. The topological polar surface area (TPSA) is 47.3 Å². The van der Waals surface area contributed by atoms with Crippen LogP contribution in [0.1, 0.15) is 35.6 Å². The Labute approximate surface area is 112 Å². The number of anilines is 1. The van der Waals surface area contributed by atoms with Gasteiger partial charge in [0.1, 0.15) is 5.75 Å². The number of rotatable bonds is 3. The fourth-order valence-electron chi connectivity index (χ4n) is 2.84. The zero-order valence-corrected chi connectivity index (χ0v) is 11.3. The number of fused-ring (bicyclic) bond motifs is 1. The van der Waals surface area contributed by atoms with Crippen LogP contribution >= 0.6 is 0 Å². The van der Waals surface area contributed by atoms with Crippen molar-refractivity contribution in [2.24, 2.45) is 0 Å². The molecule has 1 atom stereocenters. The van der Waals surface area contributed by atoms with Crippen molar-refractivity contribution >= 4 is 5.88 Å². The Morgan fingerprint density at radius 3 is 2.79 bits per heavy atom. The molecule has 1 aromatic heterocycles. The molecule has 19 heavy (non-hydrogen) atoms. The van der Waals surface area contributed by atoms with Crippen LogP contribution in [0.5, 0.6) is 5.75 Å². The first kappa shape index (κ1) is 12.1. The molecular formula is C15H18N2O2. The number of aryl methyl sites for hydroxylation is 1. The summed E-state index contributed by atoms with van der Waals surface area (Å²) in [5.41, 5.74) is 3.61. The van der Waals surface area contributed by atoms with Crippen molar-refractivity contribution in [3.63, 3.8) is 0 Å². The minimum absolute atomic E-state index is 0.364. The van der Waals surface area contributed by atoms with Crippen LogP contribution in [0.3, 0.4) is 0 Å². The van der Waals surface area contributed by atoms with Gasteiger partial charge in [-0.2, -0.15) is 0 Å². The van der Waals surface area contributed by atoms with E-state index in [1.165, 1.54) is 11.1 Å². The largest absolute Gasteiger partial charge is 0.497 e. The highest BCUT2D eigenvalue weighted by atomic mass is 16.5. The van der Waals surface area contributed by atoms with Gasteiger partial charge in [-0.05, 0) is 37.0 Å². The van der Waals surface area contributed by atoms with E-state index in [0.717, 1.165) is 36.6 Å². The average molecular weight is 258 g/mol. The van der Waals surface area contributed by atoms with Crippen LogP contribution in [-0.4, -0.2) is 19.3 Å². The van der Waals surface area contributed by atoms with Gasteiger partial charge < -0.3 is 14.6 Å². The van der Waals surface area contributed by atoms with E-state index in [4.69, 9.17) is 9.26 Å². The molecule has 4 nitrogen and oxygen atoms in total. The zero-order chi connectivity index (χ0) is 13.2. The van der Waals surface area contributed by atoms with Crippen molar-refractivity contribution in [1.29, 1.82) is 0 Å². The van der Waals surface area contributed by atoms with Crippen LogP contribution in [0.2, 0.25) is 0 Å². The van der Waals surface area contributed by atoms with Gasteiger partial charge in [-0.1, -0.05) is 17.3 Å².